The summed E-state index contributed by atoms with van der Waals surface area (Å²) in [5.41, 5.74) is 6.85. The minimum Gasteiger partial charge on any atom is -0.506 e. The number of benzene rings is 2. The maximum absolute atomic E-state index is 9.59. The Labute approximate surface area is 153 Å². The highest BCUT2D eigenvalue weighted by atomic mass is 35.5. The molecule has 0 aliphatic rings. The summed E-state index contributed by atoms with van der Waals surface area (Å²) in [6.45, 7) is 2.11. The first kappa shape index (κ1) is 16.3. The van der Waals surface area contributed by atoms with Crippen LogP contribution in [0.3, 0.4) is 0 Å². The van der Waals surface area contributed by atoms with E-state index < -0.39 is 0 Å². The van der Waals surface area contributed by atoms with Crippen molar-refractivity contribution in [2.45, 2.75) is 13.3 Å². The van der Waals surface area contributed by atoms with Crippen molar-refractivity contribution in [1.29, 1.82) is 0 Å². The number of hydrogen-bond donors (Lipinski definition) is 3. The molecule has 0 aliphatic heterocycles. The predicted octanol–water partition coefficient (Wildman–Crippen LogP) is 3.87. The van der Waals surface area contributed by atoms with Gasteiger partial charge in [-0.1, -0.05) is 36.7 Å². The van der Waals surface area contributed by atoms with Crippen LogP contribution in [0.15, 0.2) is 41.5 Å². The average Bonchev–Trinajstić information content (AvgIpc) is 3.02. The van der Waals surface area contributed by atoms with Gasteiger partial charge in [0.25, 0.3) is 5.95 Å². The van der Waals surface area contributed by atoms with E-state index in [-0.39, 0.29) is 16.7 Å². The highest BCUT2D eigenvalue weighted by Crippen LogP contribution is 2.26. The molecule has 0 bridgehead atoms. The van der Waals surface area contributed by atoms with Gasteiger partial charge in [0.15, 0.2) is 5.65 Å². The number of anilines is 1. The zero-order chi connectivity index (χ0) is 18.1. The minimum atomic E-state index is -0.000484. The van der Waals surface area contributed by atoms with E-state index in [2.05, 4.69) is 49.7 Å². The monoisotopic (exact) mass is 366 g/mol. The summed E-state index contributed by atoms with van der Waals surface area (Å²) >= 11 is 6.01. The number of phenols is 1. The summed E-state index contributed by atoms with van der Waals surface area (Å²) < 4.78 is 0. The number of fused-ring (bicyclic) bond motifs is 3. The van der Waals surface area contributed by atoms with Gasteiger partial charge >= 0.3 is 0 Å². The molecule has 0 saturated heterocycles. The molecule has 4 rings (SSSR count). The number of H-pyrrole nitrogens is 1. The lowest BCUT2D eigenvalue weighted by Crippen LogP contribution is -1.99. The Morgan fingerprint density at radius 1 is 1.27 bits per heavy atom. The number of nitrogens with one attached hydrogen (secondary N) is 2. The SMILES string of the molecule is CCc1ccc2[nH]c3nc(N/N=C\c4cccc(O)c4Cl)nnc3c2c1. The Morgan fingerprint density at radius 3 is 3.00 bits per heavy atom. The molecule has 2 aromatic carbocycles. The molecular weight excluding hydrogens is 352 g/mol. The van der Waals surface area contributed by atoms with Crippen molar-refractivity contribution < 1.29 is 5.11 Å². The van der Waals surface area contributed by atoms with Gasteiger partial charge in [0.05, 0.1) is 11.2 Å². The Hall–Kier alpha value is -3.19. The lowest BCUT2D eigenvalue weighted by atomic mass is 10.1. The second kappa shape index (κ2) is 6.61. The van der Waals surface area contributed by atoms with Crippen LogP contribution in [0.5, 0.6) is 5.75 Å². The Kier molecular flexibility index (Phi) is 4.14. The number of halogens is 1. The second-order valence-corrected chi connectivity index (χ2v) is 6.12. The number of nitrogens with zero attached hydrogens (tertiary/aromatic N) is 4. The van der Waals surface area contributed by atoms with Gasteiger partial charge in [-0.05, 0) is 30.2 Å². The van der Waals surface area contributed by atoms with Crippen molar-refractivity contribution in [1.82, 2.24) is 20.2 Å². The summed E-state index contributed by atoms with van der Waals surface area (Å²) in [5.74, 6) is 0.256. The molecule has 130 valence electrons. The highest BCUT2D eigenvalue weighted by Gasteiger charge is 2.09. The summed E-state index contributed by atoms with van der Waals surface area (Å²) in [4.78, 5) is 7.64. The van der Waals surface area contributed by atoms with E-state index >= 15 is 0 Å². The number of hydrazone groups is 1. The van der Waals surface area contributed by atoms with Gasteiger partial charge < -0.3 is 10.1 Å². The van der Waals surface area contributed by atoms with Crippen LogP contribution >= 0.6 is 11.6 Å². The third-order valence-corrected chi connectivity index (χ3v) is 4.48. The lowest BCUT2D eigenvalue weighted by molar-refractivity contribution is 0.475. The third kappa shape index (κ3) is 2.93. The number of rotatable bonds is 4. The maximum Gasteiger partial charge on any atom is 0.265 e. The quantitative estimate of drug-likeness (QED) is 0.376. The largest absolute Gasteiger partial charge is 0.506 e. The Bertz CT molecular complexity index is 1140. The van der Waals surface area contributed by atoms with Crippen molar-refractivity contribution in [2.75, 3.05) is 5.43 Å². The van der Waals surface area contributed by atoms with E-state index in [1.165, 1.54) is 17.8 Å². The molecule has 4 aromatic rings. The van der Waals surface area contributed by atoms with Gasteiger partial charge in [0.1, 0.15) is 11.3 Å². The molecule has 2 aromatic heterocycles. The first-order chi connectivity index (χ1) is 12.7. The van der Waals surface area contributed by atoms with Crippen LogP contribution in [0, 0.1) is 0 Å². The van der Waals surface area contributed by atoms with Crippen molar-refractivity contribution in [3.8, 4) is 5.75 Å². The molecule has 0 radical (unpaired) electrons. The number of aromatic nitrogens is 4. The van der Waals surface area contributed by atoms with E-state index in [1.807, 2.05) is 6.07 Å². The second-order valence-electron chi connectivity index (χ2n) is 5.74. The van der Waals surface area contributed by atoms with Gasteiger partial charge in [-0.15, -0.1) is 10.2 Å². The summed E-state index contributed by atoms with van der Waals surface area (Å²) in [6, 6.07) is 11.1. The fourth-order valence-corrected chi connectivity index (χ4v) is 2.86. The van der Waals surface area contributed by atoms with Gasteiger partial charge in [-0.3, -0.25) is 0 Å². The smallest absolute Gasteiger partial charge is 0.265 e. The summed E-state index contributed by atoms with van der Waals surface area (Å²) in [7, 11) is 0. The van der Waals surface area contributed by atoms with E-state index in [0.717, 1.165) is 22.8 Å². The number of aromatic amines is 1. The molecule has 3 N–H and O–H groups in total. The van der Waals surface area contributed by atoms with Gasteiger partial charge in [0, 0.05) is 16.5 Å². The molecule has 26 heavy (non-hydrogen) atoms. The predicted molar refractivity (Wildman–Crippen MR) is 103 cm³/mol. The number of aromatic hydroxyl groups is 1. The van der Waals surface area contributed by atoms with Crippen molar-refractivity contribution in [3.05, 3.63) is 52.5 Å². The third-order valence-electron chi connectivity index (χ3n) is 4.06. The molecule has 8 heteroatoms. The Morgan fingerprint density at radius 2 is 2.15 bits per heavy atom. The van der Waals surface area contributed by atoms with Crippen molar-refractivity contribution in [3.63, 3.8) is 0 Å². The zero-order valence-electron chi connectivity index (χ0n) is 13.9. The average molecular weight is 367 g/mol. The Balaban J connectivity index is 1.62. The van der Waals surface area contributed by atoms with Crippen LogP contribution in [0.4, 0.5) is 5.95 Å². The van der Waals surface area contributed by atoms with Crippen LogP contribution in [0.2, 0.25) is 5.02 Å². The fraction of sp³-hybridized carbons (Fsp3) is 0.111. The normalized spacial score (nSPS) is 11.6. The van der Waals surface area contributed by atoms with Crippen molar-refractivity contribution >= 4 is 45.8 Å². The van der Waals surface area contributed by atoms with Gasteiger partial charge in [-0.2, -0.15) is 10.1 Å². The number of aryl methyl sites for hydroxylation is 1. The fourth-order valence-electron chi connectivity index (χ4n) is 2.68. The van der Waals surface area contributed by atoms with Crippen LogP contribution in [0.1, 0.15) is 18.1 Å². The minimum absolute atomic E-state index is 0.000484. The molecule has 0 saturated carbocycles. The molecule has 7 nitrogen and oxygen atoms in total. The topological polar surface area (TPSA) is 99.1 Å². The lowest BCUT2D eigenvalue weighted by Gasteiger charge is -2.00. The van der Waals surface area contributed by atoms with Crippen LogP contribution < -0.4 is 5.43 Å². The molecule has 0 unspecified atom stereocenters. The van der Waals surface area contributed by atoms with Crippen LogP contribution in [-0.4, -0.2) is 31.5 Å². The summed E-state index contributed by atoms with van der Waals surface area (Å²) in [5, 5.41) is 23.2. The molecular formula is C18H15ClN6O. The highest BCUT2D eigenvalue weighted by molar-refractivity contribution is 6.34. The van der Waals surface area contributed by atoms with E-state index in [4.69, 9.17) is 11.6 Å². The van der Waals surface area contributed by atoms with E-state index in [0.29, 0.717) is 11.2 Å². The standard InChI is InChI=1S/C18H15ClN6O/c1-2-10-6-7-13-12(8-10)16-17(21-13)22-18(25-23-16)24-20-9-11-4-3-5-14(26)15(11)19/h3-9,26H,2H2,1H3,(H2,21,22,24,25)/b20-9-. The first-order valence-corrected chi connectivity index (χ1v) is 8.45. The van der Waals surface area contributed by atoms with Crippen LogP contribution in [-0.2, 0) is 6.42 Å². The zero-order valence-corrected chi connectivity index (χ0v) is 14.6. The van der Waals surface area contributed by atoms with Crippen molar-refractivity contribution in [2.24, 2.45) is 5.10 Å². The molecule has 0 spiro atoms. The van der Waals surface area contributed by atoms with E-state index in [1.54, 1.807) is 12.1 Å². The van der Waals surface area contributed by atoms with Gasteiger partial charge in [0.2, 0.25) is 0 Å². The molecule has 0 atom stereocenters. The van der Waals surface area contributed by atoms with Gasteiger partial charge in [-0.25, -0.2) is 5.43 Å². The molecule has 0 aliphatic carbocycles. The summed E-state index contributed by atoms with van der Waals surface area (Å²) in [6.07, 6.45) is 2.43. The first-order valence-electron chi connectivity index (χ1n) is 8.07. The number of hydrogen-bond acceptors (Lipinski definition) is 6. The molecule has 0 amide bonds. The van der Waals surface area contributed by atoms with E-state index in [9.17, 15) is 5.11 Å². The van der Waals surface area contributed by atoms with Crippen LogP contribution in [0.25, 0.3) is 22.1 Å². The number of phenolic OH excluding ortho intramolecular Hbond substituents is 1. The maximum atomic E-state index is 9.59. The molecule has 2 heterocycles. The molecule has 0 fully saturated rings.